The molecule has 19 heavy (non-hydrogen) atoms. The Morgan fingerprint density at radius 1 is 1.21 bits per heavy atom. The number of methoxy groups -OCH3 is 1. The second-order valence-electron chi connectivity index (χ2n) is 4.81. The van der Waals surface area contributed by atoms with Gasteiger partial charge in [-0.2, -0.15) is 0 Å². The molecule has 5 heteroatoms. The fourth-order valence-electron chi connectivity index (χ4n) is 2.24. The number of rotatable bonds is 4. The maximum Gasteiger partial charge on any atom is 0.338 e. The van der Waals surface area contributed by atoms with Crippen LogP contribution in [-0.2, 0) is 18.9 Å². The summed E-state index contributed by atoms with van der Waals surface area (Å²) in [6.07, 6.45) is -0.582. The van der Waals surface area contributed by atoms with Crippen molar-refractivity contribution in [3.8, 4) is 0 Å². The molecule has 0 spiro atoms. The molecule has 2 aliphatic rings. The largest absolute Gasteiger partial charge is 0.459 e. The third-order valence-corrected chi connectivity index (χ3v) is 3.40. The van der Waals surface area contributed by atoms with Gasteiger partial charge < -0.3 is 18.9 Å². The Bertz CT molecular complexity index is 469. The second kappa shape index (κ2) is 4.92. The van der Waals surface area contributed by atoms with Gasteiger partial charge in [-0.05, 0) is 19.1 Å². The standard InChI is InChI=1S/C14H16O5/c1-8-3-5-9(6-4-8)13(15)17-7-10-11-12(19-11)14(16-2)18-10/h3-6,10-12,14H,7H2,1-2H3/t10-,11-,12-,14-/m1/s1. The van der Waals surface area contributed by atoms with Crippen molar-refractivity contribution in [2.45, 2.75) is 31.5 Å². The van der Waals surface area contributed by atoms with E-state index in [4.69, 9.17) is 18.9 Å². The van der Waals surface area contributed by atoms with E-state index in [2.05, 4.69) is 0 Å². The van der Waals surface area contributed by atoms with E-state index in [1.165, 1.54) is 0 Å². The summed E-state index contributed by atoms with van der Waals surface area (Å²) in [6, 6.07) is 7.26. The highest BCUT2D eigenvalue weighted by Crippen LogP contribution is 2.39. The maximum atomic E-state index is 11.8. The fraction of sp³-hybridized carbons (Fsp3) is 0.500. The number of carbonyl (C=O) groups excluding carboxylic acids is 1. The Morgan fingerprint density at radius 2 is 1.95 bits per heavy atom. The lowest BCUT2D eigenvalue weighted by molar-refractivity contribution is -0.166. The summed E-state index contributed by atoms with van der Waals surface area (Å²) in [6.45, 7) is 2.16. The number of carbonyl (C=O) groups is 1. The van der Waals surface area contributed by atoms with Gasteiger partial charge in [-0.25, -0.2) is 4.79 Å². The van der Waals surface area contributed by atoms with E-state index in [9.17, 15) is 4.79 Å². The molecule has 0 radical (unpaired) electrons. The van der Waals surface area contributed by atoms with E-state index in [1.807, 2.05) is 19.1 Å². The van der Waals surface area contributed by atoms with Crippen LogP contribution in [0, 0.1) is 6.92 Å². The minimum atomic E-state index is -0.346. The van der Waals surface area contributed by atoms with Crippen LogP contribution in [0.25, 0.3) is 0 Å². The number of hydrogen-bond acceptors (Lipinski definition) is 5. The average Bonchev–Trinajstić information content (AvgIpc) is 3.14. The molecule has 1 aromatic rings. The number of ether oxygens (including phenoxy) is 4. The van der Waals surface area contributed by atoms with Gasteiger partial charge in [-0.15, -0.1) is 0 Å². The van der Waals surface area contributed by atoms with E-state index in [0.29, 0.717) is 5.56 Å². The van der Waals surface area contributed by atoms with Crippen LogP contribution in [0.4, 0.5) is 0 Å². The van der Waals surface area contributed by atoms with Crippen molar-refractivity contribution in [1.82, 2.24) is 0 Å². The molecule has 2 saturated heterocycles. The Balaban J connectivity index is 1.53. The van der Waals surface area contributed by atoms with Crippen molar-refractivity contribution < 1.29 is 23.7 Å². The zero-order valence-corrected chi connectivity index (χ0v) is 10.9. The molecule has 0 N–H and O–H groups in total. The summed E-state index contributed by atoms with van der Waals surface area (Å²) in [5, 5.41) is 0. The lowest BCUT2D eigenvalue weighted by Crippen LogP contribution is -2.26. The molecule has 0 aliphatic carbocycles. The number of esters is 1. The van der Waals surface area contributed by atoms with Gasteiger partial charge in [0, 0.05) is 7.11 Å². The molecule has 2 fully saturated rings. The van der Waals surface area contributed by atoms with Crippen LogP contribution in [0.2, 0.25) is 0 Å². The van der Waals surface area contributed by atoms with Gasteiger partial charge in [0.25, 0.3) is 0 Å². The SMILES string of the molecule is CO[C@@H]1O[C@H](COC(=O)c2ccc(C)cc2)[C@H]2O[C@@H]12. The summed E-state index contributed by atoms with van der Waals surface area (Å²) in [7, 11) is 1.57. The molecule has 3 rings (SSSR count). The molecule has 2 aliphatic heterocycles. The van der Waals surface area contributed by atoms with E-state index in [1.54, 1.807) is 19.2 Å². The smallest absolute Gasteiger partial charge is 0.338 e. The van der Waals surface area contributed by atoms with Crippen LogP contribution in [0.3, 0.4) is 0 Å². The first kappa shape index (κ1) is 12.6. The van der Waals surface area contributed by atoms with Gasteiger partial charge in [-0.1, -0.05) is 17.7 Å². The fourth-order valence-corrected chi connectivity index (χ4v) is 2.24. The first-order valence-electron chi connectivity index (χ1n) is 6.26. The van der Waals surface area contributed by atoms with Crippen LogP contribution in [-0.4, -0.2) is 44.3 Å². The predicted molar refractivity (Wildman–Crippen MR) is 65.8 cm³/mol. The number of aryl methyl sites for hydroxylation is 1. The summed E-state index contributed by atoms with van der Waals surface area (Å²) < 4.78 is 21.3. The highest BCUT2D eigenvalue weighted by molar-refractivity contribution is 5.89. The van der Waals surface area contributed by atoms with Gasteiger partial charge in [0.2, 0.25) is 0 Å². The molecular weight excluding hydrogens is 248 g/mol. The summed E-state index contributed by atoms with van der Waals surface area (Å²) >= 11 is 0. The molecule has 0 aromatic heterocycles. The minimum absolute atomic E-state index is 0.00392. The zero-order chi connectivity index (χ0) is 13.4. The van der Waals surface area contributed by atoms with E-state index >= 15 is 0 Å². The van der Waals surface area contributed by atoms with Crippen LogP contribution in [0.1, 0.15) is 15.9 Å². The molecular formula is C14H16O5. The molecule has 0 unspecified atom stereocenters. The third-order valence-electron chi connectivity index (χ3n) is 3.40. The van der Waals surface area contributed by atoms with E-state index in [0.717, 1.165) is 5.56 Å². The molecule has 0 amide bonds. The molecule has 5 nitrogen and oxygen atoms in total. The van der Waals surface area contributed by atoms with Crippen LogP contribution < -0.4 is 0 Å². The highest BCUT2D eigenvalue weighted by atomic mass is 16.8. The number of hydrogen-bond donors (Lipinski definition) is 0. The van der Waals surface area contributed by atoms with Gasteiger partial charge in [-0.3, -0.25) is 0 Å². The van der Waals surface area contributed by atoms with Gasteiger partial charge in [0.05, 0.1) is 5.56 Å². The minimum Gasteiger partial charge on any atom is -0.459 e. The van der Waals surface area contributed by atoms with E-state index < -0.39 is 0 Å². The molecule has 102 valence electrons. The summed E-state index contributed by atoms with van der Waals surface area (Å²) in [5.41, 5.74) is 1.65. The number of fused-ring (bicyclic) bond motifs is 1. The van der Waals surface area contributed by atoms with Gasteiger partial charge in [0.15, 0.2) is 6.29 Å². The monoisotopic (exact) mass is 264 g/mol. The maximum absolute atomic E-state index is 11.8. The lowest BCUT2D eigenvalue weighted by atomic mass is 10.1. The summed E-state index contributed by atoms with van der Waals surface area (Å²) in [5.74, 6) is -0.346. The Labute approximate surface area is 111 Å². The molecule has 0 saturated carbocycles. The van der Waals surface area contributed by atoms with E-state index in [-0.39, 0.29) is 37.2 Å². The van der Waals surface area contributed by atoms with Crippen molar-refractivity contribution in [2.75, 3.05) is 13.7 Å². The van der Waals surface area contributed by atoms with Crippen molar-refractivity contribution in [3.05, 3.63) is 35.4 Å². The average molecular weight is 264 g/mol. The normalized spacial score (nSPS) is 31.9. The molecule has 2 heterocycles. The van der Waals surface area contributed by atoms with Crippen molar-refractivity contribution in [2.24, 2.45) is 0 Å². The summed E-state index contributed by atoms with van der Waals surface area (Å²) in [4.78, 5) is 11.8. The van der Waals surface area contributed by atoms with Gasteiger partial charge >= 0.3 is 5.97 Å². The Morgan fingerprint density at radius 3 is 2.58 bits per heavy atom. The highest BCUT2D eigenvalue weighted by Gasteiger charge is 2.58. The topological polar surface area (TPSA) is 57.3 Å². The van der Waals surface area contributed by atoms with Crippen LogP contribution in [0.5, 0.6) is 0 Å². The van der Waals surface area contributed by atoms with Gasteiger partial charge in [0.1, 0.15) is 24.9 Å². The molecule has 1 aromatic carbocycles. The first-order chi connectivity index (χ1) is 9.19. The number of epoxide rings is 1. The first-order valence-corrected chi connectivity index (χ1v) is 6.26. The van der Waals surface area contributed by atoms with Crippen molar-refractivity contribution in [1.29, 1.82) is 0 Å². The Kier molecular flexibility index (Phi) is 3.26. The molecule has 0 bridgehead atoms. The quantitative estimate of drug-likeness (QED) is 0.606. The number of benzene rings is 1. The second-order valence-corrected chi connectivity index (χ2v) is 4.81. The van der Waals surface area contributed by atoms with Crippen LogP contribution in [0.15, 0.2) is 24.3 Å². The third kappa shape index (κ3) is 2.49. The van der Waals surface area contributed by atoms with Crippen molar-refractivity contribution in [3.63, 3.8) is 0 Å². The lowest BCUT2D eigenvalue weighted by Gasteiger charge is -2.16. The van der Waals surface area contributed by atoms with Crippen molar-refractivity contribution >= 4 is 5.97 Å². The van der Waals surface area contributed by atoms with Crippen LogP contribution >= 0.6 is 0 Å². The Hall–Kier alpha value is -1.43. The predicted octanol–water partition coefficient (Wildman–Crippen LogP) is 1.29. The molecule has 4 atom stereocenters. The zero-order valence-electron chi connectivity index (χ0n) is 10.9.